The molecule has 0 radical (unpaired) electrons. The van der Waals surface area contributed by atoms with Crippen LogP contribution in [0.4, 0.5) is 23.0 Å². The molecule has 2 aromatic carbocycles. The Morgan fingerprint density at radius 2 is 1.87 bits per heavy atom. The van der Waals surface area contributed by atoms with E-state index in [1.807, 2.05) is 31.3 Å². The molecular formula is C29H37N7O2. The van der Waals surface area contributed by atoms with E-state index in [1.54, 1.807) is 20.4 Å². The van der Waals surface area contributed by atoms with Crippen molar-refractivity contribution in [2.45, 2.75) is 25.8 Å². The molecule has 1 aliphatic rings. The summed E-state index contributed by atoms with van der Waals surface area (Å²) in [5, 5.41) is 4.50. The van der Waals surface area contributed by atoms with E-state index < -0.39 is 0 Å². The van der Waals surface area contributed by atoms with Gasteiger partial charge in [0.25, 0.3) is 0 Å². The van der Waals surface area contributed by atoms with E-state index in [-0.39, 0.29) is 0 Å². The second-order valence-corrected chi connectivity index (χ2v) is 10.0. The monoisotopic (exact) mass is 515 g/mol. The van der Waals surface area contributed by atoms with Crippen molar-refractivity contribution in [1.29, 1.82) is 0 Å². The number of nitrogens with zero attached hydrogens (tertiary/aromatic N) is 5. The summed E-state index contributed by atoms with van der Waals surface area (Å²) in [5.41, 5.74) is 13.3. The van der Waals surface area contributed by atoms with Gasteiger partial charge >= 0.3 is 0 Å². The van der Waals surface area contributed by atoms with E-state index in [9.17, 15) is 0 Å². The molecule has 0 bridgehead atoms. The fourth-order valence-corrected chi connectivity index (χ4v) is 5.21. The Bertz CT molecular complexity index is 1450. The van der Waals surface area contributed by atoms with E-state index >= 15 is 0 Å². The smallest absolute Gasteiger partial charge is 0.227 e. The molecule has 1 aliphatic heterocycles. The SMILES string of the molecule is COc1ccc2c(c1)c(-c1ccnc(Nc3cc(N)c(N(C)CCN(C)C)cc3OC)n1)c1n2CCCC1. The molecule has 0 saturated carbocycles. The Labute approximate surface area is 224 Å². The van der Waals surface area contributed by atoms with Gasteiger partial charge in [-0.05, 0) is 63.7 Å². The van der Waals surface area contributed by atoms with Crippen molar-refractivity contribution in [1.82, 2.24) is 19.4 Å². The lowest BCUT2D eigenvalue weighted by atomic mass is 10.0. The minimum Gasteiger partial charge on any atom is -0.497 e. The summed E-state index contributed by atoms with van der Waals surface area (Å²) in [6.07, 6.45) is 5.16. The third-order valence-electron chi connectivity index (χ3n) is 7.22. The summed E-state index contributed by atoms with van der Waals surface area (Å²) < 4.78 is 13.7. The van der Waals surface area contributed by atoms with Crippen LogP contribution < -0.4 is 25.4 Å². The third kappa shape index (κ3) is 4.93. The van der Waals surface area contributed by atoms with Crippen molar-refractivity contribution >= 4 is 33.9 Å². The number of rotatable bonds is 9. The van der Waals surface area contributed by atoms with Gasteiger partial charge in [0.1, 0.15) is 11.5 Å². The van der Waals surface area contributed by atoms with Crippen LogP contribution in [0.1, 0.15) is 18.5 Å². The van der Waals surface area contributed by atoms with Crippen molar-refractivity contribution in [3.63, 3.8) is 0 Å². The number of nitrogen functional groups attached to an aromatic ring is 1. The molecule has 0 fully saturated rings. The van der Waals surface area contributed by atoms with Gasteiger partial charge in [-0.25, -0.2) is 9.97 Å². The van der Waals surface area contributed by atoms with Gasteiger partial charge in [0, 0.05) is 61.1 Å². The Hall–Kier alpha value is -3.98. The molecule has 38 heavy (non-hydrogen) atoms. The number of hydrogen-bond acceptors (Lipinski definition) is 8. The summed E-state index contributed by atoms with van der Waals surface area (Å²) in [5.74, 6) is 2.00. The number of aromatic nitrogens is 3. The summed E-state index contributed by atoms with van der Waals surface area (Å²) in [6.45, 7) is 2.78. The molecule has 9 nitrogen and oxygen atoms in total. The standard InChI is InChI=1S/C29H37N7O2/c1-34(2)14-15-35(3)26-18-27(38-5)23(17-21(26)30)33-29-31-12-11-22(32-29)28-20-16-19(37-4)9-10-24(20)36-13-7-6-8-25(28)36/h9-12,16-18H,6-8,13-15,30H2,1-5H3,(H,31,32,33). The van der Waals surface area contributed by atoms with Crippen molar-refractivity contribution in [2.24, 2.45) is 0 Å². The lowest BCUT2D eigenvalue weighted by Crippen LogP contribution is -2.29. The fourth-order valence-electron chi connectivity index (χ4n) is 5.21. The number of nitrogens with one attached hydrogen (secondary N) is 1. The maximum absolute atomic E-state index is 6.47. The van der Waals surface area contributed by atoms with Gasteiger partial charge in [-0.15, -0.1) is 0 Å². The second-order valence-electron chi connectivity index (χ2n) is 10.0. The Morgan fingerprint density at radius 1 is 1.03 bits per heavy atom. The van der Waals surface area contributed by atoms with Crippen molar-refractivity contribution in [3.05, 3.63) is 48.3 Å². The normalized spacial score (nSPS) is 13.0. The third-order valence-corrected chi connectivity index (χ3v) is 7.22. The zero-order chi connectivity index (χ0) is 26.8. The molecule has 0 amide bonds. The first-order valence-electron chi connectivity index (χ1n) is 13.0. The number of fused-ring (bicyclic) bond motifs is 3. The van der Waals surface area contributed by atoms with Crippen LogP contribution in [-0.2, 0) is 13.0 Å². The number of benzene rings is 2. The summed E-state index contributed by atoms with van der Waals surface area (Å²) in [6, 6.07) is 12.1. The number of methoxy groups -OCH3 is 2. The predicted octanol–water partition coefficient (Wildman–Crippen LogP) is 4.78. The lowest BCUT2D eigenvalue weighted by Gasteiger charge is -2.24. The van der Waals surface area contributed by atoms with Gasteiger partial charge in [-0.1, -0.05) is 0 Å². The van der Waals surface area contributed by atoms with E-state index in [0.29, 0.717) is 17.4 Å². The van der Waals surface area contributed by atoms with Gasteiger partial charge < -0.3 is 34.9 Å². The number of nitrogens with two attached hydrogens (primary N) is 1. The molecule has 200 valence electrons. The Balaban J connectivity index is 1.51. The predicted molar refractivity (Wildman–Crippen MR) is 155 cm³/mol. The second kappa shape index (κ2) is 10.8. The van der Waals surface area contributed by atoms with Crippen LogP contribution in [0.2, 0.25) is 0 Å². The summed E-state index contributed by atoms with van der Waals surface area (Å²) in [4.78, 5) is 13.7. The first kappa shape index (κ1) is 25.7. The van der Waals surface area contributed by atoms with E-state index in [4.69, 9.17) is 20.2 Å². The topological polar surface area (TPSA) is 93.7 Å². The minimum atomic E-state index is 0.487. The maximum atomic E-state index is 6.47. The van der Waals surface area contributed by atoms with Gasteiger partial charge in [0.2, 0.25) is 5.95 Å². The van der Waals surface area contributed by atoms with Crippen LogP contribution in [0.3, 0.4) is 0 Å². The molecule has 9 heteroatoms. The van der Waals surface area contributed by atoms with Gasteiger partial charge in [0.15, 0.2) is 0 Å². The summed E-state index contributed by atoms with van der Waals surface area (Å²) >= 11 is 0. The number of hydrogen-bond donors (Lipinski definition) is 2. The van der Waals surface area contributed by atoms with Crippen molar-refractivity contribution in [2.75, 3.05) is 64.4 Å². The van der Waals surface area contributed by atoms with Crippen LogP contribution >= 0.6 is 0 Å². The van der Waals surface area contributed by atoms with Crippen LogP contribution in [0.15, 0.2) is 42.6 Å². The zero-order valence-corrected chi connectivity index (χ0v) is 22.9. The highest BCUT2D eigenvalue weighted by Crippen LogP contribution is 2.40. The first-order chi connectivity index (χ1) is 18.4. The van der Waals surface area contributed by atoms with Crippen LogP contribution in [-0.4, -0.2) is 67.9 Å². The molecule has 0 spiro atoms. The van der Waals surface area contributed by atoms with Crippen LogP contribution in [0.5, 0.6) is 11.5 Å². The van der Waals surface area contributed by atoms with Crippen molar-refractivity contribution in [3.8, 4) is 22.8 Å². The fraction of sp³-hybridized carbons (Fsp3) is 0.379. The number of ether oxygens (including phenoxy) is 2. The quantitative estimate of drug-likeness (QED) is 0.308. The Kier molecular flexibility index (Phi) is 7.28. The molecule has 0 unspecified atom stereocenters. The summed E-state index contributed by atoms with van der Waals surface area (Å²) in [7, 11) is 9.51. The van der Waals surface area contributed by atoms with Crippen molar-refractivity contribution < 1.29 is 9.47 Å². The molecule has 2 aromatic heterocycles. The maximum Gasteiger partial charge on any atom is 0.227 e. The molecular weight excluding hydrogens is 478 g/mol. The molecule has 0 atom stereocenters. The molecule has 5 rings (SSSR count). The Morgan fingerprint density at radius 3 is 2.63 bits per heavy atom. The number of likely N-dealkylation sites (N-methyl/N-ethyl adjacent to an activating group) is 2. The average molecular weight is 516 g/mol. The number of aryl methyl sites for hydroxylation is 1. The molecule has 0 saturated heterocycles. The van der Waals surface area contributed by atoms with E-state index in [1.165, 1.54) is 24.1 Å². The zero-order valence-electron chi connectivity index (χ0n) is 22.9. The minimum absolute atomic E-state index is 0.487. The van der Waals surface area contributed by atoms with E-state index in [0.717, 1.165) is 59.8 Å². The highest BCUT2D eigenvalue weighted by atomic mass is 16.5. The van der Waals surface area contributed by atoms with Crippen LogP contribution in [0, 0.1) is 0 Å². The van der Waals surface area contributed by atoms with Gasteiger partial charge in [0.05, 0.1) is 37.0 Å². The molecule has 3 heterocycles. The molecule has 0 aliphatic carbocycles. The average Bonchev–Trinajstić information content (AvgIpc) is 3.25. The lowest BCUT2D eigenvalue weighted by molar-refractivity contribution is 0.413. The van der Waals surface area contributed by atoms with Gasteiger partial charge in [-0.3, -0.25) is 0 Å². The first-order valence-corrected chi connectivity index (χ1v) is 13.0. The number of anilines is 4. The largest absolute Gasteiger partial charge is 0.497 e. The highest BCUT2D eigenvalue weighted by Gasteiger charge is 2.23. The van der Waals surface area contributed by atoms with Gasteiger partial charge in [-0.2, -0.15) is 0 Å². The molecule has 3 N–H and O–H groups in total. The highest BCUT2D eigenvalue weighted by molar-refractivity contribution is 5.98. The van der Waals surface area contributed by atoms with Crippen LogP contribution in [0.25, 0.3) is 22.2 Å². The van der Waals surface area contributed by atoms with E-state index in [2.05, 4.69) is 50.9 Å². The molecule has 4 aromatic rings.